The molecule has 0 fully saturated rings. The van der Waals surface area contributed by atoms with Crippen LogP contribution < -0.4 is 10.1 Å². The smallest absolute Gasteiger partial charge is 0.279 e. The summed E-state index contributed by atoms with van der Waals surface area (Å²) in [4.78, 5) is 9.12. The van der Waals surface area contributed by atoms with E-state index in [9.17, 15) is 9.50 Å². The van der Waals surface area contributed by atoms with E-state index in [0.717, 1.165) is 16.8 Å². The molecule has 1 aliphatic rings. The van der Waals surface area contributed by atoms with Gasteiger partial charge in [-0.2, -0.15) is 0 Å². The van der Waals surface area contributed by atoms with Gasteiger partial charge in [-0.15, -0.1) is 0 Å². The van der Waals surface area contributed by atoms with E-state index in [-0.39, 0.29) is 5.82 Å². The Morgan fingerprint density at radius 2 is 1.96 bits per heavy atom. The molecule has 1 aliphatic heterocycles. The standard InChI is InChI=1S/C19H13FN4O2/c20-12-5-3-11(4-6-12)17-22-15-2-1-9-21-18(15)24(17)13-7-8-14-16(10-13)26-19(25)23-14/h1-10,19,23,25H. The van der Waals surface area contributed by atoms with Crippen molar-refractivity contribution in [1.29, 1.82) is 0 Å². The summed E-state index contributed by atoms with van der Waals surface area (Å²) >= 11 is 0. The molecule has 4 aromatic rings. The zero-order chi connectivity index (χ0) is 17.7. The van der Waals surface area contributed by atoms with Gasteiger partial charge in [0.25, 0.3) is 6.41 Å². The number of aliphatic hydroxyl groups is 1. The summed E-state index contributed by atoms with van der Waals surface area (Å²) in [7, 11) is 0. The normalized spacial score (nSPS) is 15.5. The van der Waals surface area contributed by atoms with Crippen LogP contribution in [0.4, 0.5) is 10.1 Å². The number of aliphatic hydroxyl groups excluding tert-OH is 1. The number of nitrogens with zero attached hydrogens (tertiary/aromatic N) is 3. The Kier molecular flexibility index (Phi) is 3.16. The molecule has 128 valence electrons. The van der Waals surface area contributed by atoms with E-state index in [0.29, 0.717) is 22.9 Å². The molecule has 5 rings (SSSR count). The number of hydrogen-bond acceptors (Lipinski definition) is 5. The average Bonchev–Trinajstić information content (AvgIpc) is 3.21. The number of benzene rings is 2. The van der Waals surface area contributed by atoms with E-state index in [4.69, 9.17) is 4.74 Å². The van der Waals surface area contributed by atoms with Crippen LogP contribution in [0, 0.1) is 5.82 Å². The van der Waals surface area contributed by atoms with Crippen LogP contribution in [0.1, 0.15) is 0 Å². The van der Waals surface area contributed by atoms with Crippen molar-refractivity contribution in [2.24, 2.45) is 0 Å². The number of pyridine rings is 1. The van der Waals surface area contributed by atoms with Crippen LogP contribution in [0.2, 0.25) is 0 Å². The zero-order valence-electron chi connectivity index (χ0n) is 13.4. The van der Waals surface area contributed by atoms with E-state index in [1.807, 2.05) is 28.8 Å². The fraction of sp³-hybridized carbons (Fsp3) is 0.0526. The first-order chi connectivity index (χ1) is 12.7. The maximum absolute atomic E-state index is 13.3. The molecule has 0 aliphatic carbocycles. The highest BCUT2D eigenvalue weighted by Crippen LogP contribution is 2.35. The molecule has 26 heavy (non-hydrogen) atoms. The van der Waals surface area contributed by atoms with Crippen LogP contribution in [0.25, 0.3) is 28.2 Å². The van der Waals surface area contributed by atoms with Gasteiger partial charge >= 0.3 is 0 Å². The van der Waals surface area contributed by atoms with Gasteiger partial charge in [0.2, 0.25) is 0 Å². The summed E-state index contributed by atoms with van der Waals surface area (Å²) in [5.41, 5.74) is 3.66. The summed E-state index contributed by atoms with van der Waals surface area (Å²) in [5, 5.41) is 12.4. The number of ether oxygens (including phenoxy) is 1. The second kappa shape index (κ2) is 5.53. The first-order valence-electron chi connectivity index (χ1n) is 8.04. The molecule has 0 amide bonds. The van der Waals surface area contributed by atoms with E-state index in [2.05, 4.69) is 15.3 Å². The van der Waals surface area contributed by atoms with Gasteiger partial charge in [-0.1, -0.05) is 0 Å². The number of aromatic nitrogens is 3. The Bertz CT molecular complexity index is 1120. The van der Waals surface area contributed by atoms with Gasteiger partial charge in [-0.25, -0.2) is 14.4 Å². The fourth-order valence-corrected chi connectivity index (χ4v) is 3.10. The largest absolute Gasteiger partial charge is 0.445 e. The van der Waals surface area contributed by atoms with Crippen molar-refractivity contribution in [2.45, 2.75) is 6.41 Å². The van der Waals surface area contributed by atoms with Crippen molar-refractivity contribution < 1.29 is 14.2 Å². The molecule has 2 aromatic heterocycles. The van der Waals surface area contributed by atoms with Crippen LogP contribution in [-0.2, 0) is 0 Å². The fourth-order valence-electron chi connectivity index (χ4n) is 3.10. The highest BCUT2D eigenvalue weighted by molar-refractivity contribution is 5.80. The lowest BCUT2D eigenvalue weighted by atomic mass is 10.2. The molecule has 0 bridgehead atoms. The predicted molar refractivity (Wildman–Crippen MR) is 94.5 cm³/mol. The van der Waals surface area contributed by atoms with Gasteiger partial charge in [0.1, 0.15) is 22.9 Å². The summed E-state index contributed by atoms with van der Waals surface area (Å²) in [6.07, 6.45) is 0.638. The minimum Gasteiger partial charge on any atom is -0.445 e. The molecule has 7 heteroatoms. The second-order valence-electron chi connectivity index (χ2n) is 5.92. The summed E-state index contributed by atoms with van der Waals surface area (Å²) < 4.78 is 20.6. The van der Waals surface area contributed by atoms with Gasteiger partial charge in [-0.3, -0.25) is 4.57 Å². The first kappa shape index (κ1) is 14.9. The third-order valence-electron chi connectivity index (χ3n) is 4.26. The Balaban J connectivity index is 1.75. The van der Waals surface area contributed by atoms with Gasteiger partial charge < -0.3 is 15.2 Å². The lowest BCUT2D eigenvalue weighted by Gasteiger charge is -2.10. The molecular formula is C19H13FN4O2. The molecule has 6 nitrogen and oxygen atoms in total. The summed E-state index contributed by atoms with van der Waals surface area (Å²) in [6, 6.07) is 15.4. The molecule has 0 saturated carbocycles. The molecule has 2 N–H and O–H groups in total. The summed E-state index contributed by atoms with van der Waals surface area (Å²) in [6.45, 7) is 0. The number of hydrogen-bond donors (Lipinski definition) is 2. The van der Waals surface area contributed by atoms with Crippen LogP contribution in [-0.4, -0.2) is 26.1 Å². The molecule has 0 saturated heterocycles. The van der Waals surface area contributed by atoms with Crippen molar-refractivity contribution in [3.8, 4) is 22.8 Å². The van der Waals surface area contributed by atoms with E-state index >= 15 is 0 Å². The van der Waals surface area contributed by atoms with Crippen molar-refractivity contribution >= 4 is 16.9 Å². The number of rotatable bonds is 2. The number of fused-ring (bicyclic) bond motifs is 2. The van der Waals surface area contributed by atoms with Crippen LogP contribution in [0.15, 0.2) is 60.8 Å². The predicted octanol–water partition coefficient (Wildman–Crippen LogP) is 3.31. The van der Waals surface area contributed by atoms with E-state index in [1.165, 1.54) is 12.1 Å². The first-order valence-corrected chi connectivity index (χ1v) is 8.04. The number of imidazole rings is 1. The topological polar surface area (TPSA) is 72.2 Å². The Hall–Kier alpha value is -3.45. The maximum Gasteiger partial charge on any atom is 0.279 e. The van der Waals surface area contributed by atoms with Crippen LogP contribution >= 0.6 is 0 Å². The van der Waals surface area contributed by atoms with Crippen molar-refractivity contribution in [3.63, 3.8) is 0 Å². The second-order valence-corrected chi connectivity index (χ2v) is 5.92. The Morgan fingerprint density at radius 1 is 1.12 bits per heavy atom. The van der Waals surface area contributed by atoms with Crippen LogP contribution in [0.5, 0.6) is 5.75 Å². The molecule has 0 radical (unpaired) electrons. The van der Waals surface area contributed by atoms with Crippen molar-refractivity contribution in [2.75, 3.05) is 5.32 Å². The minimum absolute atomic E-state index is 0.305. The maximum atomic E-state index is 13.3. The monoisotopic (exact) mass is 348 g/mol. The van der Waals surface area contributed by atoms with Gasteiger partial charge in [0.15, 0.2) is 5.65 Å². The summed E-state index contributed by atoms with van der Waals surface area (Å²) in [5.74, 6) is 0.878. The minimum atomic E-state index is -1.06. The highest BCUT2D eigenvalue weighted by Gasteiger charge is 2.22. The van der Waals surface area contributed by atoms with Crippen molar-refractivity contribution in [1.82, 2.24) is 14.5 Å². The quantitative estimate of drug-likeness (QED) is 0.581. The number of nitrogens with one attached hydrogen (secondary N) is 1. The lowest BCUT2D eigenvalue weighted by Crippen LogP contribution is -2.17. The Labute approximate surface area is 147 Å². The third kappa shape index (κ3) is 2.29. The lowest BCUT2D eigenvalue weighted by molar-refractivity contribution is 0.0211. The molecule has 1 unspecified atom stereocenters. The van der Waals surface area contributed by atoms with E-state index in [1.54, 1.807) is 24.4 Å². The highest BCUT2D eigenvalue weighted by atomic mass is 19.1. The van der Waals surface area contributed by atoms with Gasteiger partial charge in [0, 0.05) is 17.8 Å². The van der Waals surface area contributed by atoms with E-state index < -0.39 is 6.41 Å². The number of halogens is 1. The zero-order valence-corrected chi connectivity index (χ0v) is 13.4. The van der Waals surface area contributed by atoms with Gasteiger partial charge in [-0.05, 0) is 48.5 Å². The molecular weight excluding hydrogens is 335 g/mol. The average molecular weight is 348 g/mol. The Morgan fingerprint density at radius 3 is 2.81 bits per heavy atom. The van der Waals surface area contributed by atoms with Crippen molar-refractivity contribution in [3.05, 3.63) is 66.6 Å². The number of anilines is 1. The SMILES string of the molecule is OC1Nc2ccc(-n3c(-c4ccc(F)cc4)nc4cccnc43)cc2O1. The van der Waals surface area contributed by atoms with Gasteiger partial charge in [0.05, 0.1) is 11.4 Å². The molecule has 3 heterocycles. The van der Waals surface area contributed by atoms with Crippen LogP contribution in [0.3, 0.4) is 0 Å². The molecule has 0 spiro atoms. The molecule has 2 aromatic carbocycles. The third-order valence-corrected chi connectivity index (χ3v) is 4.26. The molecule has 1 atom stereocenters.